The number of hydrogen-bond acceptors (Lipinski definition) is 5. The van der Waals surface area contributed by atoms with Crippen molar-refractivity contribution >= 4 is 41.3 Å². The maximum absolute atomic E-state index is 11.8. The summed E-state index contributed by atoms with van der Waals surface area (Å²) in [7, 11) is 0. The first kappa shape index (κ1) is 17.0. The van der Waals surface area contributed by atoms with Crippen LogP contribution in [0.2, 0.25) is 4.34 Å². The number of thiophene rings is 1. The van der Waals surface area contributed by atoms with Gasteiger partial charge in [-0.3, -0.25) is 4.79 Å². The molecule has 0 spiro atoms. The monoisotopic (exact) mass is 335 g/mol. The minimum Gasteiger partial charge on any atom is -0.355 e. The van der Waals surface area contributed by atoms with Crippen molar-refractivity contribution in [1.29, 1.82) is 0 Å². The number of aromatic nitrogens is 1. The molecule has 0 unspecified atom stereocenters. The Labute approximate surface area is 131 Å². The van der Waals surface area contributed by atoms with Crippen LogP contribution in [-0.4, -0.2) is 23.1 Å². The van der Waals surface area contributed by atoms with Crippen LogP contribution < -0.4 is 11.1 Å². The van der Waals surface area contributed by atoms with Crippen LogP contribution in [0.15, 0.2) is 22.7 Å². The van der Waals surface area contributed by atoms with Crippen LogP contribution in [0.4, 0.5) is 0 Å². The molecule has 1 amide bonds. The molecule has 0 atom stereocenters. The van der Waals surface area contributed by atoms with Crippen molar-refractivity contribution < 1.29 is 9.32 Å². The Balaban J connectivity index is 0.00000200. The van der Waals surface area contributed by atoms with Crippen molar-refractivity contribution in [2.24, 2.45) is 5.73 Å². The second-order valence-electron chi connectivity index (χ2n) is 4.85. The molecular formula is C12H15Cl2N3O2S. The van der Waals surface area contributed by atoms with E-state index in [-0.39, 0.29) is 24.0 Å². The molecule has 0 bridgehead atoms. The minimum absolute atomic E-state index is 0. The van der Waals surface area contributed by atoms with Gasteiger partial charge in [-0.05, 0) is 26.0 Å². The molecule has 5 nitrogen and oxygen atoms in total. The molecule has 0 saturated carbocycles. The molecule has 0 aliphatic carbocycles. The van der Waals surface area contributed by atoms with Crippen LogP contribution in [0.3, 0.4) is 0 Å². The van der Waals surface area contributed by atoms with Gasteiger partial charge in [0.05, 0.1) is 9.21 Å². The molecule has 2 heterocycles. The third-order valence-corrected chi connectivity index (χ3v) is 3.51. The standard InChI is InChI=1S/C12H14ClN3O2S.ClH/c1-12(2,14)6-15-11(17)7-5-8(18-16-7)9-3-4-10(13)19-9;/h3-5H,6,14H2,1-2H3,(H,15,17);1H. The third kappa shape index (κ3) is 4.49. The van der Waals surface area contributed by atoms with E-state index in [0.29, 0.717) is 16.6 Å². The smallest absolute Gasteiger partial charge is 0.273 e. The molecule has 0 aromatic carbocycles. The fourth-order valence-corrected chi connectivity index (χ4v) is 2.34. The lowest BCUT2D eigenvalue weighted by Crippen LogP contribution is -2.45. The molecule has 110 valence electrons. The predicted octanol–water partition coefficient (Wildman–Crippen LogP) is 2.95. The molecule has 2 aromatic rings. The van der Waals surface area contributed by atoms with Gasteiger partial charge in [0, 0.05) is 18.2 Å². The van der Waals surface area contributed by atoms with Crippen LogP contribution in [0.5, 0.6) is 0 Å². The number of amides is 1. The quantitative estimate of drug-likeness (QED) is 0.899. The lowest BCUT2D eigenvalue weighted by molar-refractivity contribution is 0.0937. The van der Waals surface area contributed by atoms with Crippen LogP contribution in [0.1, 0.15) is 24.3 Å². The number of carbonyl (C=O) groups is 1. The fraction of sp³-hybridized carbons (Fsp3) is 0.333. The summed E-state index contributed by atoms with van der Waals surface area (Å²) < 4.78 is 5.78. The molecule has 0 fully saturated rings. The molecule has 2 rings (SSSR count). The summed E-state index contributed by atoms with van der Waals surface area (Å²) in [6, 6.07) is 5.17. The van der Waals surface area contributed by atoms with Crippen molar-refractivity contribution in [2.45, 2.75) is 19.4 Å². The van der Waals surface area contributed by atoms with Crippen LogP contribution in [0.25, 0.3) is 10.6 Å². The van der Waals surface area contributed by atoms with E-state index >= 15 is 0 Å². The SMILES string of the molecule is CC(C)(N)CNC(=O)c1cc(-c2ccc(Cl)s2)on1.Cl. The molecule has 0 aliphatic heterocycles. The Morgan fingerprint density at radius 1 is 1.55 bits per heavy atom. The van der Waals surface area contributed by atoms with Gasteiger partial charge >= 0.3 is 0 Å². The van der Waals surface area contributed by atoms with E-state index in [1.165, 1.54) is 11.3 Å². The third-order valence-electron chi connectivity index (χ3n) is 2.26. The Kier molecular flexibility index (Phi) is 5.59. The van der Waals surface area contributed by atoms with Gasteiger partial charge < -0.3 is 15.6 Å². The van der Waals surface area contributed by atoms with Crippen LogP contribution in [-0.2, 0) is 0 Å². The second kappa shape index (κ2) is 6.58. The van der Waals surface area contributed by atoms with E-state index in [1.54, 1.807) is 12.1 Å². The molecule has 0 aliphatic rings. The molecule has 2 aromatic heterocycles. The normalized spacial score (nSPS) is 11.0. The van der Waals surface area contributed by atoms with E-state index in [2.05, 4.69) is 10.5 Å². The maximum atomic E-state index is 11.8. The zero-order valence-corrected chi connectivity index (χ0v) is 13.4. The Morgan fingerprint density at radius 2 is 2.25 bits per heavy atom. The lowest BCUT2D eigenvalue weighted by Gasteiger charge is -2.18. The van der Waals surface area contributed by atoms with Crippen molar-refractivity contribution in [3.8, 4) is 10.6 Å². The van der Waals surface area contributed by atoms with Crippen molar-refractivity contribution in [3.05, 3.63) is 28.2 Å². The van der Waals surface area contributed by atoms with Gasteiger partial charge in [0.2, 0.25) is 0 Å². The van der Waals surface area contributed by atoms with Crippen LogP contribution in [0, 0.1) is 0 Å². The zero-order chi connectivity index (χ0) is 14.0. The largest absolute Gasteiger partial charge is 0.355 e. The number of halogens is 2. The van der Waals surface area contributed by atoms with Crippen molar-refractivity contribution in [2.75, 3.05) is 6.54 Å². The van der Waals surface area contributed by atoms with Crippen LogP contribution >= 0.6 is 35.3 Å². The number of carbonyl (C=O) groups excluding carboxylic acids is 1. The molecular weight excluding hydrogens is 321 g/mol. The number of rotatable bonds is 4. The number of nitrogens with two attached hydrogens (primary N) is 1. The summed E-state index contributed by atoms with van der Waals surface area (Å²) in [6.07, 6.45) is 0. The van der Waals surface area contributed by atoms with E-state index in [1.807, 2.05) is 19.9 Å². The highest BCUT2D eigenvalue weighted by Gasteiger charge is 2.17. The highest BCUT2D eigenvalue weighted by molar-refractivity contribution is 7.19. The van der Waals surface area contributed by atoms with E-state index in [4.69, 9.17) is 21.9 Å². The first-order valence-corrected chi connectivity index (χ1v) is 6.84. The Bertz CT molecular complexity index is 590. The second-order valence-corrected chi connectivity index (χ2v) is 6.57. The lowest BCUT2D eigenvalue weighted by atomic mass is 10.1. The number of hydrogen-bond donors (Lipinski definition) is 2. The summed E-state index contributed by atoms with van der Waals surface area (Å²) in [4.78, 5) is 12.7. The van der Waals surface area contributed by atoms with Gasteiger partial charge in [0.15, 0.2) is 11.5 Å². The summed E-state index contributed by atoms with van der Waals surface area (Å²) in [5.74, 6) is 0.213. The van der Waals surface area contributed by atoms with E-state index < -0.39 is 5.54 Å². The fourth-order valence-electron chi connectivity index (χ4n) is 1.34. The maximum Gasteiger partial charge on any atom is 0.273 e. The van der Waals surface area contributed by atoms with Gasteiger partial charge in [-0.1, -0.05) is 16.8 Å². The highest BCUT2D eigenvalue weighted by Crippen LogP contribution is 2.31. The average Bonchev–Trinajstić information content (AvgIpc) is 2.93. The van der Waals surface area contributed by atoms with Gasteiger partial charge in [-0.15, -0.1) is 23.7 Å². The van der Waals surface area contributed by atoms with Crippen molar-refractivity contribution in [3.63, 3.8) is 0 Å². The highest BCUT2D eigenvalue weighted by atomic mass is 35.5. The van der Waals surface area contributed by atoms with E-state index in [9.17, 15) is 4.79 Å². The summed E-state index contributed by atoms with van der Waals surface area (Å²) in [5.41, 5.74) is 5.55. The van der Waals surface area contributed by atoms with Gasteiger partial charge in [-0.25, -0.2) is 0 Å². The van der Waals surface area contributed by atoms with E-state index in [0.717, 1.165) is 4.88 Å². The summed E-state index contributed by atoms with van der Waals surface area (Å²) in [6.45, 7) is 4.02. The Hall–Kier alpha value is -1.08. The van der Waals surface area contributed by atoms with Gasteiger partial charge in [0.25, 0.3) is 5.91 Å². The first-order valence-electron chi connectivity index (χ1n) is 5.65. The molecule has 0 saturated heterocycles. The number of nitrogens with zero attached hydrogens (tertiary/aromatic N) is 1. The molecule has 20 heavy (non-hydrogen) atoms. The summed E-state index contributed by atoms with van der Waals surface area (Å²) >= 11 is 7.21. The minimum atomic E-state index is -0.469. The van der Waals surface area contributed by atoms with Gasteiger partial charge in [0.1, 0.15) is 0 Å². The predicted molar refractivity (Wildman–Crippen MR) is 82.7 cm³/mol. The topological polar surface area (TPSA) is 81.1 Å². The molecule has 0 radical (unpaired) electrons. The summed E-state index contributed by atoms with van der Waals surface area (Å²) in [5, 5.41) is 6.44. The first-order chi connectivity index (χ1) is 8.85. The molecule has 8 heteroatoms. The molecule has 3 N–H and O–H groups in total. The van der Waals surface area contributed by atoms with Gasteiger partial charge in [-0.2, -0.15) is 0 Å². The average molecular weight is 336 g/mol. The zero-order valence-electron chi connectivity index (χ0n) is 11.0. The van der Waals surface area contributed by atoms with Crippen molar-refractivity contribution in [1.82, 2.24) is 10.5 Å². The number of nitrogens with one attached hydrogen (secondary N) is 1. The Morgan fingerprint density at radius 3 is 2.80 bits per heavy atom.